The Labute approximate surface area is 541 Å². The number of ether oxygens (including phenoxy) is 1. The number of oxazole rings is 2. The minimum atomic E-state index is -3.78. The van der Waals surface area contributed by atoms with Gasteiger partial charge in [-0.15, -0.1) is 47.3 Å². The Kier molecular flexibility index (Phi) is 18.6. The summed E-state index contributed by atoms with van der Waals surface area (Å²) in [5.41, 5.74) is 4.86. The molecule has 4 heterocycles. The number of fused-ring (bicyclic) bond motifs is 4. The zero-order valence-electron chi connectivity index (χ0n) is 48.6. The molecule has 4 aromatic heterocycles. The molecule has 12 aromatic rings. The lowest BCUT2D eigenvalue weighted by Gasteiger charge is -2.21. The van der Waals surface area contributed by atoms with Gasteiger partial charge < -0.3 is 38.1 Å². The van der Waals surface area contributed by atoms with E-state index in [-0.39, 0.29) is 93.7 Å². The molecule has 8 aromatic carbocycles. The molecule has 0 atom stereocenters. The van der Waals surface area contributed by atoms with E-state index in [4.69, 9.17) is 22.4 Å². The van der Waals surface area contributed by atoms with Gasteiger partial charge in [-0.2, -0.15) is 0 Å². The third-order valence-corrected chi connectivity index (χ3v) is 16.8. The first-order valence-electron chi connectivity index (χ1n) is 26.8. The number of para-hydroxylation sites is 2. The third kappa shape index (κ3) is 13.3. The lowest BCUT2D eigenvalue weighted by atomic mass is 9.97. The minimum Gasteiger partial charge on any atom is -0.507 e. The van der Waals surface area contributed by atoms with Crippen LogP contribution in [0.1, 0.15) is 20.7 Å². The van der Waals surface area contributed by atoms with E-state index in [2.05, 4.69) is 67.9 Å². The SMILES string of the molecule is BrB(Br)Br.CNC(=O)c1c(-c2ccc(F)cc2)oc2cc(N(C)S(C)(=O)=O)c(-c3ccc(O)c(-c4nc5c(F)cccc5o4)c3)cc12.CNC(=O)c1c(-c2ccc(F)cc2)oc2cc(N(C)S(C)(=O)=O)c(-c3ccc(OC)c(-c4nc5c(F)cccc5o4)c3)cc12. The maximum atomic E-state index is 14.4. The topological polar surface area (TPSA) is 241 Å². The number of phenols is 1. The van der Waals surface area contributed by atoms with Crippen LogP contribution in [0.4, 0.5) is 28.9 Å². The van der Waals surface area contributed by atoms with Crippen LogP contribution in [0.25, 0.3) is 112 Å². The predicted molar refractivity (Wildman–Crippen MR) is 354 cm³/mol. The maximum Gasteiger partial charge on any atom is 0.369 e. The number of phenolic OH excluding ortho intramolecular Hbond substituents is 1. The van der Waals surface area contributed by atoms with Crippen molar-refractivity contribution < 1.29 is 71.5 Å². The van der Waals surface area contributed by atoms with Gasteiger partial charge in [0.05, 0.1) is 53.2 Å². The van der Waals surface area contributed by atoms with Crippen LogP contribution < -0.4 is 24.0 Å². The number of aromatic nitrogens is 2. The van der Waals surface area contributed by atoms with E-state index in [1.807, 2.05) is 0 Å². The molecule has 0 saturated heterocycles. The molecule has 0 radical (unpaired) electrons. The van der Waals surface area contributed by atoms with Crippen molar-refractivity contribution in [3.63, 3.8) is 0 Å². The Hall–Kier alpha value is -8.96. The number of carbonyl (C=O) groups is 2. The molecule has 0 aliphatic carbocycles. The highest BCUT2D eigenvalue weighted by Crippen LogP contribution is 2.46. The summed E-state index contributed by atoms with van der Waals surface area (Å²) in [4.78, 5) is 34.9. The fraction of sp³-hybridized carbons (Fsp3) is 0.111. The van der Waals surface area contributed by atoms with Crippen molar-refractivity contribution in [1.29, 1.82) is 0 Å². The fourth-order valence-electron chi connectivity index (χ4n) is 9.89. The number of carbonyl (C=O) groups excluding carboxylic acids is 2. The standard InChI is InChI=1S/C32H25F2N3O6S.C31H23F2N3O6S.BBr3/c1-35-31(38)28-21-15-20(18-10-13-25(41-3)22(14-18)32-36-29-23(34)6-5-7-26(29)43-32)24(37(2)44(4,39)40)16-27(21)42-30(28)17-8-11-19(33)12-9-17;1-34-30(38)27-21-14-19(17-9-12-24(37)20(13-17)31-35-28-22(33)5-4-6-25(28)42-31)23(36(2)43(3,39)40)15-26(21)41-29(27)16-7-10-18(32)11-8-16;2-1(3)4/h5-16H,1-4H3,(H,35,38);4-15,37H,1-3H3,(H,34,38);. The van der Waals surface area contributed by atoms with Crippen LogP contribution >= 0.6 is 47.3 Å². The molecule has 0 spiro atoms. The van der Waals surface area contributed by atoms with Gasteiger partial charge in [-0.3, -0.25) is 18.2 Å². The second-order valence-electron chi connectivity index (χ2n) is 20.1. The number of sulfonamides is 2. The molecular weight excluding hydrogens is 1420 g/mol. The number of benzene rings is 8. The zero-order chi connectivity index (χ0) is 65.5. The number of nitrogens with zero attached hydrogens (tertiary/aromatic N) is 4. The summed E-state index contributed by atoms with van der Waals surface area (Å²) in [5, 5.41) is 16.7. The summed E-state index contributed by atoms with van der Waals surface area (Å²) in [5.74, 6) is -2.42. The highest BCUT2D eigenvalue weighted by molar-refractivity contribution is 9.69. The number of amides is 2. The summed E-state index contributed by atoms with van der Waals surface area (Å²) in [6.45, 7) is 0. The van der Waals surface area contributed by atoms with Crippen LogP contribution in [0, 0.1) is 23.3 Å². The van der Waals surface area contributed by atoms with Gasteiger partial charge in [0.1, 0.15) is 56.9 Å². The Morgan fingerprint density at radius 2 is 0.912 bits per heavy atom. The van der Waals surface area contributed by atoms with Crippen molar-refractivity contribution in [1.82, 2.24) is 20.6 Å². The molecule has 18 nitrogen and oxygen atoms in total. The van der Waals surface area contributed by atoms with Crippen molar-refractivity contribution in [2.24, 2.45) is 0 Å². The van der Waals surface area contributed by atoms with Crippen molar-refractivity contribution in [2.45, 2.75) is 0 Å². The Morgan fingerprint density at radius 1 is 0.527 bits per heavy atom. The number of hydrogen-bond donors (Lipinski definition) is 3. The van der Waals surface area contributed by atoms with Crippen molar-refractivity contribution in [3.8, 4) is 79.3 Å². The highest BCUT2D eigenvalue weighted by Gasteiger charge is 2.30. The molecule has 0 saturated carbocycles. The van der Waals surface area contributed by atoms with E-state index in [0.29, 0.717) is 55.5 Å². The van der Waals surface area contributed by atoms with Gasteiger partial charge >= 0.3 is 3.18 Å². The molecule has 12 rings (SSSR count). The zero-order valence-corrected chi connectivity index (χ0v) is 55.0. The van der Waals surface area contributed by atoms with Crippen LogP contribution in [0.5, 0.6) is 11.5 Å². The van der Waals surface area contributed by atoms with Crippen molar-refractivity contribution in [2.75, 3.05) is 56.4 Å². The maximum absolute atomic E-state index is 14.4. The molecule has 0 bridgehead atoms. The molecule has 3 N–H and O–H groups in total. The van der Waals surface area contributed by atoms with Crippen LogP contribution in [0.2, 0.25) is 0 Å². The van der Waals surface area contributed by atoms with Crippen molar-refractivity contribution in [3.05, 3.63) is 180 Å². The largest absolute Gasteiger partial charge is 0.507 e. The van der Waals surface area contributed by atoms with Crippen LogP contribution in [0.3, 0.4) is 0 Å². The number of halogens is 7. The smallest absolute Gasteiger partial charge is 0.369 e. The van der Waals surface area contributed by atoms with E-state index in [1.165, 1.54) is 132 Å². The van der Waals surface area contributed by atoms with Gasteiger partial charge in [0.15, 0.2) is 22.8 Å². The lowest BCUT2D eigenvalue weighted by molar-refractivity contribution is 0.0956. The molecule has 466 valence electrons. The molecule has 0 aliphatic heterocycles. The second-order valence-corrected chi connectivity index (χ2v) is 30.5. The number of anilines is 2. The van der Waals surface area contributed by atoms with Crippen molar-refractivity contribution >= 4 is 138 Å². The van der Waals surface area contributed by atoms with E-state index < -0.39 is 55.1 Å². The average molecular weight is 1470 g/mol. The highest BCUT2D eigenvalue weighted by atomic mass is 79.9. The van der Waals surface area contributed by atoms with Gasteiger partial charge in [0.2, 0.25) is 31.8 Å². The van der Waals surface area contributed by atoms with Gasteiger partial charge in [-0.1, -0.05) is 24.3 Å². The number of aromatic hydroxyl groups is 1. The summed E-state index contributed by atoms with van der Waals surface area (Å²) in [6, 6.07) is 35.3. The molecule has 0 aliphatic rings. The van der Waals surface area contributed by atoms with Gasteiger partial charge in [0.25, 0.3) is 11.8 Å². The summed E-state index contributed by atoms with van der Waals surface area (Å²) in [7, 11) is -0.374. The minimum absolute atomic E-state index is 0.0110. The Bertz CT molecular complexity index is 5070. The molecule has 91 heavy (non-hydrogen) atoms. The molecule has 2 amide bonds. The quantitative estimate of drug-likeness (QED) is 0.0719. The number of hydrogen-bond acceptors (Lipinski definition) is 14. The number of nitrogens with one attached hydrogen (secondary N) is 2. The molecular formula is C63H48BBr3F4N6O12S2. The van der Waals surface area contributed by atoms with E-state index in [0.717, 1.165) is 21.1 Å². The number of methoxy groups -OCH3 is 1. The fourth-order valence-corrected chi connectivity index (χ4v) is 10.9. The summed E-state index contributed by atoms with van der Waals surface area (Å²) in [6.07, 6.45) is 2.10. The molecule has 28 heteroatoms. The Morgan fingerprint density at radius 3 is 1.30 bits per heavy atom. The van der Waals surface area contributed by atoms with Gasteiger partial charge in [-0.25, -0.2) is 44.4 Å². The molecule has 0 fully saturated rings. The molecule has 0 unspecified atom stereocenters. The van der Waals surface area contributed by atoms with E-state index in [1.54, 1.807) is 48.5 Å². The van der Waals surface area contributed by atoms with Gasteiger partial charge in [-0.05, 0) is 120 Å². The number of rotatable bonds is 13. The third-order valence-electron chi connectivity index (χ3n) is 14.4. The monoisotopic (exact) mass is 1470 g/mol. The Balaban J connectivity index is 0.000000189. The summed E-state index contributed by atoms with van der Waals surface area (Å²) < 4.78 is 139. The first-order chi connectivity index (χ1) is 43.2. The van der Waals surface area contributed by atoms with Gasteiger partial charge in [0, 0.05) is 73.3 Å². The average Bonchev–Trinajstić information content (AvgIpc) is 1.77. The second kappa shape index (κ2) is 26.1. The first-order valence-corrected chi connectivity index (χ1v) is 33.2. The van der Waals surface area contributed by atoms with Crippen LogP contribution in [-0.4, -0.2) is 94.7 Å². The normalized spacial score (nSPS) is 11.5. The predicted octanol–water partition coefficient (Wildman–Crippen LogP) is 15.1. The first kappa shape index (κ1) is 65.0. The van der Waals surface area contributed by atoms with Crippen LogP contribution in [-0.2, 0) is 20.0 Å². The summed E-state index contributed by atoms with van der Waals surface area (Å²) >= 11 is 9.31. The van der Waals surface area contributed by atoms with E-state index >= 15 is 0 Å². The number of furan rings is 2. The van der Waals surface area contributed by atoms with Crippen LogP contribution in [0.15, 0.2) is 163 Å². The lowest BCUT2D eigenvalue weighted by Crippen LogP contribution is -2.25. The van der Waals surface area contributed by atoms with E-state index in [9.17, 15) is 49.1 Å².